The van der Waals surface area contributed by atoms with E-state index in [9.17, 15) is 0 Å². The zero-order valence-corrected chi connectivity index (χ0v) is 19.4. The predicted molar refractivity (Wildman–Crippen MR) is 126 cm³/mol. The molecule has 31 heavy (non-hydrogen) atoms. The number of aromatic nitrogens is 6. The second-order valence-electron chi connectivity index (χ2n) is 7.17. The fourth-order valence-electron chi connectivity index (χ4n) is 3.79. The van der Waals surface area contributed by atoms with Crippen molar-refractivity contribution in [3.8, 4) is 16.4 Å². The number of rotatable bonds is 4. The first-order valence-corrected chi connectivity index (χ1v) is 12.7. The van der Waals surface area contributed by atoms with Crippen molar-refractivity contribution in [2.24, 2.45) is 0 Å². The molecular weight excluding hydrogens is 468 g/mol. The van der Waals surface area contributed by atoms with Gasteiger partial charge in [0.05, 0.1) is 10.6 Å². The third-order valence-electron chi connectivity index (χ3n) is 5.22. The van der Waals surface area contributed by atoms with Gasteiger partial charge >= 0.3 is 0 Å². The molecule has 0 aliphatic heterocycles. The third kappa shape index (κ3) is 3.55. The third-order valence-corrected chi connectivity index (χ3v) is 8.45. The van der Waals surface area contributed by atoms with Gasteiger partial charge in [0, 0.05) is 15.3 Å². The zero-order chi connectivity index (χ0) is 20.8. The number of hydrogen-bond donors (Lipinski definition) is 0. The Morgan fingerprint density at radius 1 is 1.03 bits per heavy atom. The van der Waals surface area contributed by atoms with Crippen molar-refractivity contribution in [2.75, 3.05) is 0 Å². The van der Waals surface area contributed by atoms with Crippen LogP contribution in [0.2, 0.25) is 5.02 Å². The van der Waals surface area contributed by atoms with Gasteiger partial charge in [0.2, 0.25) is 5.16 Å². The molecule has 0 saturated carbocycles. The molecule has 10 heteroatoms. The van der Waals surface area contributed by atoms with E-state index in [1.165, 1.54) is 35.0 Å². The minimum atomic E-state index is 0.662. The van der Waals surface area contributed by atoms with Gasteiger partial charge in [-0.2, -0.15) is 4.68 Å². The van der Waals surface area contributed by atoms with Crippen LogP contribution in [0.1, 0.15) is 23.3 Å². The minimum Gasteiger partial charge on any atom is -0.220 e. The molecule has 4 heterocycles. The Balaban J connectivity index is 1.50. The summed E-state index contributed by atoms with van der Waals surface area (Å²) in [6.45, 7) is 0. The number of halogens is 1. The molecule has 1 aliphatic carbocycles. The van der Waals surface area contributed by atoms with E-state index in [4.69, 9.17) is 21.6 Å². The second-order valence-corrected chi connectivity index (χ2v) is 10.6. The first-order chi connectivity index (χ1) is 15.3. The van der Waals surface area contributed by atoms with Crippen LogP contribution in [0.25, 0.3) is 26.6 Å². The number of aryl methyl sites for hydroxylation is 2. The summed E-state index contributed by atoms with van der Waals surface area (Å²) in [4.78, 5) is 13.5. The maximum Gasteiger partial charge on any atom is 0.220 e. The summed E-state index contributed by atoms with van der Waals surface area (Å²) < 4.78 is 1.72. The molecule has 0 spiro atoms. The Hall–Kier alpha value is -2.33. The molecule has 0 radical (unpaired) electrons. The highest BCUT2D eigenvalue weighted by atomic mass is 35.5. The molecular formula is C21H15ClN6S3. The normalized spacial score (nSPS) is 13.6. The molecule has 4 aromatic heterocycles. The van der Waals surface area contributed by atoms with Gasteiger partial charge in [-0.25, -0.2) is 9.97 Å². The molecule has 0 bridgehead atoms. The van der Waals surface area contributed by atoms with E-state index in [0.717, 1.165) is 44.5 Å². The molecule has 0 N–H and O–H groups in total. The number of hydrogen-bond acceptors (Lipinski definition) is 8. The van der Waals surface area contributed by atoms with Crippen LogP contribution in [0, 0.1) is 0 Å². The Labute approximate surface area is 195 Å². The van der Waals surface area contributed by atoms with Gasteiger partial charge in [0.1, 0.15) is 9.86 Å². The van der Waals surface area contributed by atoms with Gasteiger partial charge in [0.15, 0.2) is 5.82 Å². The lowest BCUT2D eigenvalue weighted by Gasteiger charge is -2.12. The molecule has 1 aromatic carbocycles. The van der Waals surface area contributed by atoms with Gasteiger partial charge in [0.25, 0.3) is 0 Å². The summed E-state index contributed by atoms with van der Waals surface area (Å²) in [5, 5.41) is 17.9. The first kappa shape index (κ1) is 19.4. The molecule has 0 atom stereocenters. The van der Waals surface area contributed by atoms with Crippen LogP contribution in [0.5, 0.6) is 0 Å². The summed E-state index contributed by atoms with van der Waals surface area (Å²) in [6, 6.07) is 11.6. The van der Waals surface area contributed by atoms with Crippen molar-refractivity contribution in [1.29, 1.82) is 0 Å². The first-order valence-electron chi connectivity index (χ1n) is 9.84. The fraction of sp³-hybridized carbons (Fsp3) is 0.190. The Bertz CT molecular complexity index is 1370. The molecule has 0 saturated heterocycles. The van der Waals surface area contributed by atoms with Crippen LogP contribution in [-0.2, 0) is 12.8 Å². The van der Waals surface area contributed by atoms with Crippen LogP contribution < -0.4 is 0 Å². The predicted octanol–water partition coefficient (Wildman–Crippen LogP) is 6.08. The van der Waals surface area contributed by atoms with Crippen molar-refractivity contribution in [3.63, 3.8) is 0 Å². The van der Waals surface area contributed by atoms with Gasteiger partial charge in [-0.05, 0) is 89.1 Å². The SMILES string of the molecule is Clc1ccc(-n2nnnc2Sc2nc(-c3cccs3)nc3sc4c(c23)CCCC4)cc1. The summed E-state index contributed by atoms with van der Waals surface area (Å²) >= 11 is 11.0. The van der Waals surface area contributed by atoms with Crippen molar-refractivity contribution in [1.82, 2.24) is 30.2 Å². The van der Waals surface area contributed by atoms with Gasteiger partial charge in [-0.15, -0.1) is 27.8 Å². The molecule has 0 unspecified atom stereocenters. The van der Waals surface area contributed by atoms with Crippen LogP contribution >= 0.6 is 46.0 Å². The summed E-state index contributed by atoms with van der Waals surface area (Å²) in [5.74, 6) is 0.758. The lowest BCUT2D eigenvalue weighted by molar-refractivity contribution is 0.699. The maximum absolute atomic E-state index is 6.05. The molecule has 6 rings (SSSR count). The molecule has 0 fully saturated rings. The van der Waals surface area contributed by atoms with Crippen LogP contribution in [0.4, 0.5) is 0 Å². The molecule has 0 amide bonds. The van der Waals surface area contributed by atoms with Crippen molar-refractivity contribution in [2.45, 2.75) is 35.9 Å². The fourth-order valence-corrected chi connectivity index (χ4v) is 6.83. The van der Waals surface area contributed by atoms with Crippen LogP contribution in [0.3, 0.4) is 0 Å². The standard InChI is InChI=1S/C21H15ClN6S3/c22-12-7-9-13(10-8-12)28-21(25-26-27-28)31-20-17-14-4-1-2-5-15(14)30-19(17)23-18(24-20)16-6-3-11-29-16/h3,6-11H,1-2,4-5H2. The quantitative estimate of drug-likeness (QED) is 0.289. The number of fused-ring (bicyclic) bond motifs is 3. The monoisotopic (exact) mass is 482 g/mol. The zero-order valence-electron chi connectivity index (χ0n) is 16.2. The molecule has 5 aromatic rings. The maximum atomic E-state index is 6.05. The smallest absolute Gasteiger partial charge is 0.220 e. The Morgan fingerprint density at radius 3 is 2.74 bits per heavy atom. The van der Waals surface area contributed by atoms with E-state index in [1.54, 1.807) is 16.0 Å². The average molecular weight is 483 g/mol. The molecule has 154 valence electrons. The van der Waals surface area contributed by atoms with E-state index in [0.29, 0.717) is 10.2 Å². The largest absolute Gasteiger partial charge is 0.220 e. The Kier molecular flexibility index (Phi) is 4.98. The van der Waals surface area contributed by atoms with E-state index >= 15 is 0 Å². The van der Waals surface area contributed by atoms with Gasteiger partial charge in [-0.3, -0.25) is 0 Å². The highest BCUT2D eigenvalue weighted by Crippen LogP contribution is 2.42. The van der Waals surface area contributed by atoms with Crippen LogP contribution in [-0.4, -0.2) is 30.2 Å². The molecule has 1 aliphatic rings. The highest BCUT2D eigenvalue weighted by molar-refractivity contribution is 7.99. The van der Waals surface area contributed by atoms with Crippen molar-refractivity contribution in [3.05, 3.63) is 57.2 Å². The number of tetrazole rings is 1. The topological polar surface area (TPSA) is 69.4 Å². The number of benzene rings is 1. The van der Waals surface area contributed by atoms with Crippen molar-refractivity contribution >= 4 is 56.3 Å². The lowest BCUT2D eigenvalue weighted by atomic mass is 9.97. The van der Waals surface area contributed by atoms with Gasteiger partial charge < -0.3 is 0 Å². The Morgan fingerprint density at radius 2 is 1.90 bits per heavy atom. The number of thiophene rings is 2. The van der Waals surface area contributed by atoms with Crippen molar-refractivity contribution < 1.29 is 0 Å². The minimum absolute atomic E-state index is 0.662. The van der Waals surface area contributed by atoms with E-state index < -0.39 is 0 Å². The molecule has 6 nitrogen and oxygen atoms in total. The average Bonchev–Trinajstić information content (AvgIpc) is 3.54. The van der Waals surface area contributed by atoms with E-state index in [2.05, 4.69) is 27.0 Å². The van der Waals surface area contributed by atoms with Crippen LogP contribution in [0.15, 0.2) is 52.0 Å². The lowest BCUT2D eigenvalue weighted by Crippen LogP contribution is -2.01. The van der Waals surface area contributed by atoms with Gasteiger partial charge in [-0.1, -0.05) is 17.7 Å². The number of nitrogens with zero attached hydrogens (tertiary/aromatic N) is 6. The summed E-state index contributed by atoms with van der Waals surface area (Å²) in [5.41, 5.74) is 2.25. The summed E-state index contributed by atoms with van der Waals surface area (Å²) in [7, 11) is 0. The van der Waals surface area contributed by atoms with E-state index in [1.807, 2.05) is 41.7 Å². The van der Waals surface area contributed by atoms with E-state index in [-0.39, 0.29) is 0 Å². The highest BCUT2D eigenvalue weighted by Gasteiger charge is 2.23. The second kappa shape index (κ2) is 7.98. The summed E-state index contributed by atoms with van der Waals surface area (Å²) in [6.07, 6.45) is 4.64.